The maximum absolute atomic E-state index is 13.1. The summed E-state index contributed by atoms with van der Waals surface area (Å²) in [5.41, 5.74) is 4.84. The van der Waals surface area contributed by atoms with Crippen molar-refractivity contribution in [2.24, 2.45) is 0 Å². The summed E-state index contributed by atoms with van der Waals surface area (Å²) in [6.07, 6.45) is -9.93. The lowest BCUT2D eigenvalue weighted by atomic mass is 9.96. The number of hydrogen-bond acceptors (Lipinski definition) is 15. The maximum atomic E-state index is 13.1. The van der Waals surface area contributed by atoms with Crippen molar-refractivity contribution in [3.8, 4) is 0 Å². The van der Waals surface area contributed by atoms with Gasteiger partial charge in [-0.1, -0.05) is 164 Å². The summed E-state index contributed by atoms with van der Waals surface area (Å²) in [6.45, 7) is 2.06. The highest BCUT2D eigenvalue weighted by atomic mass is 16.8. The Morgan fingerprint density at radius 1 is 0.527 bits per heavy atom. The van der Waals surface area contributed by atoms with Gasteiger partial charge in [0.1, 0.15) is 42.7 Å². The van der Waals surface area contributed by atoms with Gasteiger partial charge in [0.15, 0.2) is 25.0 Å². The Morgan fingerprint density at radius 2 is 1.03 bits per heavy atom. The molecule has 3 fully saturated rings. The molecule has 74 heavy (non-hydrogen) atoms. The van der Waals surface area contributed by atoms with E-state index < -0.39 is 78.6 Å². The number of hydrogen-bond donors (Lipinski definition) is 0. The smallest absolute Gasteiger partial charge is 0.303 e. The zero-order chi connectivity index (χ0) is 50.9. The van der Waals surface area contributed by atoms with Gasteiger partial charge in [-0.2, -0.15) is 0 Å². The number of nitrogens with zero attached hydrogens (tertiary/aromatic N) is 1. The Labute approximate surface area is 430 Å². The van der Waals surface area contributed by atoms with Crippen LogP contribution >= 0.6 is 0 Å². The average Bonchev–Trinajstić information content (AvgIpc) is 3.44. The summed E-state index contributed by atoms with van der Waals surface area (Å²) in [4.78, 5) is 24.4. The van der Waals surface area contributed by atoms with Crippen molar-refractivity contribution < 1.29 is 66.6 Å². The standard InChI is InChI=1S/C58H61NO15/c1-40(60)71-55-53(67-35-43-23-11-4-12-24-43)51-49(39-69-56(74-51)45-27-15-6-16-28-45)73-58(55)70-38-48-50(65-33-41-19-7-2-8-20-41)52(66-34-42-21-9-3-10-22-42)54(68-36-44-25-13-5-14-26-44)57(72-48)64-32-31-63-37-46-29-17-18-30-47(46)59(61)62/h2-30,48-58H,31-39H2,1H3/t48-,49-,50-,51-,52+,53+,54-,55+,56-,57-,58+/m1/s1. The zero-order valence-electron chi connectivity index (χ0n) is 41.0. The van der Waals surface area contributed by atoms with E-state index in [4.69, 9.17) is 56.8 Å². The lowest BCUT2D eigenvalue weighted by Crippen LogP contribution is -2.65. The number of esters is 1. The first-order valence-electron chi connectivity index (χ1n) is 24.8. The number of carbonyl (C=O) groups excluding carboxylic acids is 1. The number of nitro groups is 1. The van der Waals surface area contributed by atoms with Crippen molar-refractivity contribution in [1.82, 2.24) is 0 Å². The lowest BCUT2D eigenvalue weighted by Gasteiger charge is -2.49. The fourth-order valence-electron chi connectivity index (χ4n) is 9.15. The van der Waals surface area contributed by atoms with Crippen molar-refractivity contribution in [2.45, 2.75) is 108 Å². The second-order valence-electron chi connectivity index (χ2n) is 18.0. The van der Waals surface area contributed by atoms with Crippen LogP contribution in [0.15, 0.2) is 176 Å². The lowest BCUT2D eigenvalue weighted by molar-refractivity contribution is -0.386. The van der Waals surface area contributed by atoms with Crippen molar-refractivity contribution in [1.29, 1.82) is 0 Å². The van der Waals surface area contributed by atoms with E-state index in [0.29, 0.717) is 5.56 Å². The van der Waals surface area contributed by atoms with Crippen LogP contribution in [0.3, 0.4) is 0 Å². The normalized spacial score (nSPS) is 25.7. The van der Waals surface area contributed by atoms with Crippen LogP contribution in [-0.4, -0.2) is 98.7 Å². The average molecular weight is 1010 g/mol. The molecular weight excluding hydrogens is 951 g/mol. The predicted octanol–water partition coefficient (Wildman–Crippen LogP) is 8.98. The van der Waals surface area contributed by atoms with Crippen molar-refractivity contribution >= 4 is 11.7 Å². The molecule has 3 aliphatic rings. The van der Waals surface area contributed by atoms with Crippen LogP contribution in [0, 0.1) is 10.1 Å². The van der Waals surface area contributed by atoms with Crippen molar-refractivity contribution in [3.05, 3.63) is 219 Å². The van der Waals surface area contributed by atoms with Crippen molar-refractivity contribution in [3.63, 3.8) is 0 Å². The van der Waals surface area contributed by atoms with E-state index in [-0.39, 0.29) is 65.1 Å². The van der Waals surface area contributed by atoms with Gasteiger partial charge in [0.25, 0.3) is 5.69 Å². The van der Waals surface area contributed by atoms with E-state index in [1.165, 1.54) is 13.0 Å². The molecule has 16 nitrogen and oxygen atoms in total. The number of carbonyl (C=O) groups is 1. The summed E-state index contributed by atoms with van der Waals surface area (Å²) >= 11 is 0. The molecule has 6 aromatic carbocycles. The number of rotatable bonds is 24. The Hall–Kier alpha value is -6.25. The monoisotopic (exact) mass is 1010 g/mol. The first kappa shape index (κ1) is 52.6. The van der Waals surface area contributed by atoms with Crippen LogP contribution in [0.5, 0.6) is 0 Å². The Kier molecular flexibility index (Phi) is 19.1. The molecule has 0 spiro atoms. The first-order valence-corrected chi connectivity index (χ1v) is 24.8. The zero-order valence-corrected chi connectivity index (χ0v) is 41.0. The van der Waals surface area contributed by atoms with Gasteiger partial charge in [-0.05, 0) is 28.3 Å². The molecule has 0 N–H and O–H groups in total. The van der Waals surface area contributed by atoms with E-state index in [0.717, 1.165) is 27.8 Å². The second kappa shape index (κ2) is 26.8. The molecule has 0 amide bonds. The molecule has 0 unspecified atom stereocenters. The Morgan fingerprint density at radius 3 is 1.59 bits per heavy atom. The molecule has 6 aromatic rings. The molecule has 16 heteroatoms. The van der Waals surface area contributed by atoms with Crippen LogP contribution in [0.1, 0.15) is 46.6 Å². The summed E-state index contributed by atoms with van der Waals surface area (Å²) in [5.74, 6) is -0.575. The molecule has 0 radical (unpaired) electrons. The first-order chi connectivity index (χ1) is 36.4. The predicted molar refractivity (Wildman–Crippen MR) is 268 cm³/mol. The molecule has 3 aliphatic heterocycles. The molecule has 0 bridgehead atoms. The van der Waals surface area contributed by atoms with Gasteiger partial charge >= 0.3 is 5.97 Å². The Bertz CT molecular complexity index is 2620. The number of benzene rings is 6. The molecule has 3 saturated heterocycles. The largest absolute Gasteiger partial charge is 0.454 e. The summed E-state index contributed by atoms with van der Waals surface area (Å²) in [5, 5.41) is 11.7. The van der Waals surface area contributed by atoms with Crippen molar-refractivity contribution in [2.75, 3.05) is 26.4 Å². The van der Waals surface area contributed by atoms with E-state index >= 15 is 0 Å². The van der Waals surface area contributed by atoms with Crippen LogP contribution in [0.2, 0.25) is 0 Å². The van der Waals surface area contributed by atoms with E-state index in [2.05, 4.69) is 0 Å². The SMILES string of the molecule is CC(=O)O[C@@H]1[C@@H](OC[C@H]2O[C@@H](OCCOCc3ccccc3[N+](=O)[O-])[C@H](OCc3ccccc3)[C@@H](OCc3ccccc3)[C@@H]2OCc2ccccc2)O[C@@H]2CO[C@@H](c3ccccc3)O[C@H]2[C@@H]1OCc1ccccc1. The molecule has 3 heterocycles. The van der Waals surface area contributed by atoms with Gasteiger partial charge in [-0.3, -0.25) is 14.9 Å². The highest BCUT2D eigenvalue weighted by molar-refractivity contribution is 5.66. The van der Waals surface area contributed by atoms with Gasteiger partial charge in [-0.15, -0.1) is 0 Å². The molecule has 0 aliphatic carbocycles. The third-order valence-corrected chi connectivity index (χ3v) is 12.8. The number of para-hydroxylation sites is 1. The number of nitro benzene ring substituents is 1. The molecule has 0 aromatic heterocycles. The maximum Gasteiger partial charge on any atom is 0.303 e. The molecule has 11 atom stereocenters. The minimum absolute atomic E-state index is 0.0127. The van der Waals surface area contributed by atoms with E-state index in [9.17, 15) is 14.9 Å². The topological polar surface area (TPSA) is 171 Å². The second-order valence-corrected chi connectivity index (χ2v) is 18.0. The quantitative estimate of drug-likeness (QED) is 0.0243. The summed E-state index contributed by atoms with van der Waals surface area (Å²) in [6, 6.07) is 54.9. The van der Waals surface area contributed by atoms with Crippen LogP contribution in [0.4, 0.5) is 5.69 Å². The minimum Gasteiger partial charge on any atom is -0.454 e. The number of ether oxygens (including phenoxy) is 12. The van der Waals surface area contributed by atoms with Gasteiger partial charge in [0, 0.05) is 18.6 Å². The fraction of sp³-hybridized carbons (Fsp3) is 0.362. The highest BCUT2D eigenvalue weighted by Crippen LogP contribution is 2.38. The Balaban J connectivity index is 1.01. The summed E-state index contributed by atoms with van der Waals surface area (Å²) in [7, 11) is 0. The van der Waals surface area contributed by atoms with Crippen LogP contribution < -0.4 is 0 Å². The number of fused-ring (bicyclic) bond motifs is 1. The van der Waals surface area contributed by atoms with Gasteiger partial charge in [-0.25, -0.2) is 0 Å². The minimum atomic E-state index is -1.20. The summed E-state index contributed by atoms with van der Waals surface area (Å²) < 4.78 is 79.1. The van der Waals surface area contributed by atoms with Gasteiger partial charge < -0.3 is 56.8 Å². The van der Waals surface area contributed by atoms with Gasteiger partial charge in [0.05, 0.1) is 69.9 Å². The van der Waals surface area contributed by atoms with Crippen LogP contribution in [-0.2, 0) is 94.7 Å². The van der Waals surface area contributed by atoms with Gasteiger partial charge in [0.2, 0.25) is 0 Å². The third kappa shape index (κ3) is 14.3. The molecule has 388 valence electrons. The third-order valence-electron chi connectivity index (χ3n) is 12.8. The van der Waals surface area contributed by atoms with E-state index in [1.807, 2.05) is 152 Å². The van der Waals surface area contributed by atoms with E-state index in [1.54, 1.807) is 18.2 Å². The molecule has 9 rings (SSSR count). The van der Waals surface area contributed by atoms with Crippen LogP contribution in [0.25, 0.3) is 0 Å². The fourth-order valence-corrected chi connectivity index (χ4v) is 9.15. The molecular formula is C58H61NO15. The highest BCUT2D eigenvalue weighted by Gasteiger charge is 2.54. The molecule has 0 saturated carbocycles.